The van der Waals surface area contributed by atoms with Gasteiger partial charge in [-0.2, -0.15) is 0 Å². The molecule has 0 spiro atoms. The molecule has 1 rings (SSSR count). The van der Waals surface area contributed by atoms with Crippen LogP contribution in [0.5, 0.6) is 5.75 Å². The molecule has 112 valence electrons. The zero-order chi connectivity index (χ0) is 15.3. The molecule has 0 aliphatic carbocycles. The van der Waals surface area contributed by atoms with Crippen molar-refractivity contribution in [2.24, 2.45) is 5.41 Å². The van der Waals surface area contributed by atoms with Crippen LogP contribution in [0.3, 0.4) is 0 Å². The van der Waals surface area contributed by atoms with Gasteiger partial charge in [-0.1, -0.05) is 12.1 Å². The fraction of sp³-hybridized carbons (Fsp3) is 0.562. The standard InChI is InChI=1S/C16H24O4/c1-11-6-7-12(2)13(10-11)20-9-8-14(19-5)16(3,4)15(17)18/h6-7,10,14H,8-9H2,1-5H3,(H,17,18). The highest BCUT2D eigenvalue weighted by molar-refractivity contribution is 5.74. The predicted molar refractivity (Wildman–Crippen MR) is 78.2 cm³/mol. The van der Waals surface area contributed by atoms with Crippen molar-refractivity contribution < 1.29 is 19.4 Å². The highest BCUT2D eigenvalue weighted by atomic mass is 16.5. The van der Waals surface area contributed by atoms with E-state index in [9.17, 15) is 9.90 Å². The molecule has 20 heavy (non-hydrogen) atoms. The molecule has 1 aromatic rings. The van der Waals surface area contributed by atoms with Gasteiger partial charge >= 0.3 is 5.97 Å². The van der Waals surface area contributed by atoms with Crippen LogP contribution >= 0.6 is 0 Å². The van der Waals surface area contributed by atoms with Crippen LogP contribution in [-0.4, -0.2) is 30.9 Å². The van der Waals surface area contributed by atoms with E-state index in [-0.39, 0.29) is 6.10 Å². The molecule has 0 amide bonds. The fourth-order valence-electron chi connectivity index (χ4n) is 2.05. The average Bonchev–Trinajstić information content (AvgIpc) is 2.38. The van der Waals surface area contributed by atoms with Gasteiger partial charge in [0.1, 0.15) is 5.75 Å². The molecule has 0 heterocycles. The molecule has 4 heteroatoms. The van der Waals surface area contributed by atoms with E-state index in [1.807, 2.05) is 32.0 Å². The van der Waals surface area contributed by atoms with Crippen LogP contribution in [0, 0.1) is 19.3 Å². The Hall–Kier alpha value is -1.55. The fourth-order valence-corrected chi connectivity index (χ4v) is 2.05. The van der Waals surface area contributed by atoms with Gasteiger partial charge in [-0.15, -0.1) is 0 Å². The smallest absolute Gasteiger partial charge is 0.311 e. The molecule has 1 unspecified atom stereocenters. The molecule has 0 saturated carbocycles. The average molecular weight is 280 g/mol. The van der Waals surface area contributed by atoms with Crippen molar-refractivity contribution in [1.29, 1.82) is 0 Å². The van der Waals surface area contributed by atoms with E-state index in [1.54, 1.807) is 13.8 Å². The van der Waals surface area contributed by atoms with E-state index in [1.165, 1.54) is 7.11 Å². The van der Waals surface area contributed by atoms with Gasteiger partial charge < -0.3 is 14.6 Å². The Morgan fingerprint density at radius 2 is 2.00 bits per heavy atom. The molecular weight excluding hydrogens is 256 g/mol. The Morgan fingerprint density at radius 3 is 2.55 bits per heavy atom. The molecule has 0 aliphatic rings. The Labute approximate surface area is 120 Å². The lowest BCUT2D eigenvalue weighted by atomic mass is 9.85. The number of rotatable bonds is 7. The highest BCUT2D eigenvalue weighted by Gasteiger charge is 2.36. The number of benzene rings is 1. The van der Waals surface area contributed by atoms with Gasteiger partial charge in [-0.3, -0.25) is 4.79 Å². The van der Waals surface area contributed by atoms with Gasteiger partial charge in [0.05, 0.1) is 18.1 Å². The molecule has 1 atom stereocenters. The van der Waals surface area contributed by atoms with E-state index in [0.29, 0.717) is 13.0 Å². The van der Waals surface area contributed by atoms with Crippen LogP contribution < -0.4 is 4.74 Å². The van der Waals surface area contributed by atoms with E-state index in [0.717, 1.165) is 16.9 Å². The van der Waals surface area contributed by atoms with Crippen LogP contribution in [-0.2, 0) is 9.53 Å². The van der Waals surface area contributed by atoms with Gasteiger partial charge in [0.25, 0.3) is 0 Å². The molecule has 0 aliphatic heterocycles. The van der Waals surface area contributed by atoms with Gasteiger partial charge in [0.2, 0.25) is 0 Å². The maximum Gasteiger partial charge on any atom is 0.311 e. The molecule has 0 bridgehead atoms. The van der Waals surface area contributed by atoms with Crippen LogP contribution in [0.2, 0.25) is 0 Å². The zero-order valence-corrected chi connectivity index (χ0v) is 12.9. The minimum atomic E-state index is -0.931. The molecule has 1 N–H and O–H groups in total. The SMILES string of the molecule is COC(CCOc1cc(C)ccc1C)C(C)(C)C(=O)O. The summed E-state index contributed by atoms with van der Waals surface area (Å²) in [5.41, 5.74) is 1.28. The first-order valence-corrected chi connectivity index (χ1v) is 6.75. The number of aryl methyl sites for hydroxylation is 2. The lowest BCUT2D eigenvalue weighted by molar-refractivity contribution is -0.155. The molecule has 4 nitrogen and oxygen atoms in total. The summed E-state index contributed by atoms with van der Waals surface area (Å²) in [7, 11) is 1.53. The summed E-state index contributed by atoms with van der Waals surface area (Å²) in [5, 5.41) is 9.22. The second-order valence-corrected chi connectivity index (χ2v) is 5.66. The first-order chi connectivity index (χ1) is 9.28. The molecule has 1 aromatic carbocycles. The van der Waals surface area contributed by atoms with Gasteiger partial charge in [-0.05, 0) is 44.9 Å². The summed E-state index contributed by atoms with van der Waals surface area (Å²) in [6.07, 6.45) is 0.147. The third-order valence-electron chi connectivity index (χ3n) is 3.62. The molecule has 0 aromatic heterocycles. The van der Waals surface area contributed by atoms with E-state index in [4.69, 9.17) is 9.47 Å². The molecule has 0 radical (unpaired) electrons. The van der Waals surface area contributed by atoms with Crippen molar-refractivity contribution in [3.8, 4) is 5.75 Å². The van der Waals surface area contributed by atoms with Gasteiger partial charge in [0, 0.05) is 13.5 Å². The molecule has 0 fully saturated rings. The van der Waals surface area contributed by atoms with Crippen molar-refractivity contribution in [2.75, 3.05) is 13.7 Å². The van der Waals surface area contributed by atoms with Crippen molar-refractivity contribution in [1.82, 2.24) is 0 Å². The Bertz CT molecular complexity index is 466. The van der Waals surface area contributed by atoms with Crippen LogP contribution in [0.1, 0.15) is 31.4 Å². The van der Waals surface area contributed by atoms with E-state index in [2.05, 4.69) is 0 Å². The normalized spacial score (nSPS) is 13.1. The van der Waals surface area contributed by atoms with Gasteiger partial charge in [0.15, 0.2) is 0 Å². The van der Waals surface area contributed by atoms with Crippen LogP contribution in [0.4, 0.5) is 0 Å². The number of hydrogen-bond donors (Lipinski definition) is 1. The summed E-state index contributed by atoms with van der Waals surface area (Å²) in [5.74, 6) is -0.0240. The second kappa shape index (κ2) is 6.75. The zero-order valence-electron chi connectivity index (χ0n) is 12.9. The van der Waals surface area contributed by atoms with Crippen molar-refractivity contribution in [2.45, 2.75) is 40.2 Å². The number of carboxylic acid groups (broad SMARTS) is 1. The third kappa shape index (κ3) is 3.97. The topological polar surface area (TPSA) is 55.8 Å². The van der Waals surface area contributed by atoms with Crippen LogP contribution in [0.15, 0.2) is 18.2 Å². The lowest BCUT2D eigenvalue weighted by Gasteiger charge is -2.29. The number of ether oxygens (including phenoxy) is 2. The maximum absolute atomic E-state index is 11.2. The number of carbonyl (C=O) groups is 1. The Kier molecular flexibility index (Phi) is 5.57. The quantitative estimate of drug-likeness (QED) is 0.833. The minimum Gasteiger partial charge on any atom is -0.493 e. The number of methoxy groups -OCH3 is 1. The van der Waals surface area contributed by atoms with Crippen molar-refractivity contribution >= 4 is 5.97 Å². The lowest BCUT2D eigenvalue weighted by Crippen LogP contribution is -2.39. The van der Waals surface area contributed by atoms with E-state index >= 15 is 0 Å². The highest BCUT2D eigenvalue weighted by Crippen LogP contribution is 2.26. The number of aliphatic carboxylic acids is 1. The third-order valence-corrected chi connectivity index (χ3v) is 3.62. The first kappa shape index (κ1) is 16.5. The summed E-state index contributed by atoms with van der Waals surface area (Å²) in [6.45, 7) is 7.77. The Morgan fingerprint density at radius 1 is 1.35 bits per heavy atom. The molecule has 0 saturated heterocycles. The number of hydrogen-bond acceptors (Lipinski definition) is 3. The van der Waals surface area contributed by atoms with Crippen molar-refractivity contribution in [3.63, 3.8) is 0 Å². The predicted octanol–water partition coefficient (Wildman–Crippen LogP) is 3.20. The van der Waals surface area contributed by atoms with Gasteiger partial charge in [-0.25, -0.2) is 0 Å². The minimum absolute atomic E-state index is 0.384. The summed E-state index contributed by atoms with van der Waals surface area (Å²) >= 11 is 0. The summed E-state index contributed by atoms with van der Waals surface area (Å²) < 4.78 is 11.1. The summed E-state index contributed by atoms with van der Waals surface area (Å²) in [6, 6.07) is 6.03. The van der Waals surface area contributed by atoms with E-state index < -0.39 is 11.4 Å². The monoisotopic (exact) mass is 280 g/mol. The van der Waals surface area contributed by atoms with Crippen LogP contribution in [0.25, 0.3) is 0 Å². The first-order valence-electron chi connectivity index (χ1n) is 6.75. The number of carboxylic acids is 1. The molecular formula is C16H24O4. The Balaban J connectivity index is 2.62. The summed E-state index contributed by atoms with van der Waals surface area (Å²) in [4.78, 5) is 11.2. The van der Waals surface area contributed by atoms with Crippen molar-refractivity contribution in [3.05, 3.63) is 29.3 Å². The second-order valence-electron chi connectivity index (χ2n) is 5.66. The maximum atomic E-state index is 11.2. The largest absolute Gasteiger partial charge is 0.493 e.